The Kier molecular flexibility index (Phi) is 5.35. The molecule has 5 nitrogen and oxygen atoms in total. The molecule has 1 amide bonds. The monoisotopic (exact) mass is 366 g/mol. The van der Waals surface area contributed by atoms with Gasteiger partial charge in [0.1, 0.15) is 5.69 Å². The van der Waals surface area contributed by atoms with Crippen LogP contribution in [0.5, 0.6) is 0 Å². The molecule has 2 N–H and O–H groups in total. The number of benzene rings is 1. The van der Waals surface area contributed by atoms with Crippen molar-refractivity contribution in [2.45, 2.75) is 4.90 Å². The fourth-order valence-corrected chi connectivity index (χ4v) is 2.43. The molecule has 0 fully saturated rings. The number of rotatable bonds is 5. The fourth-order valence-electron chi connectivity index (χ4n) is 1.47. The van der Waals surface area contributed by atoms with Crippen molar-refractivity contribution in [3.8, 4) is 0 Å². The van der Waals surface area contributed by atoms with Gasteiger partial charge in [-0.15, -0.1) is 11.8 Å². The summed E-state index contributed by atoms with van der Waals surface area (Å²) >= 11 is 4.77. The first-order chi connectivity index (χ1) is 10.0. The number of carbonyl (C=O) groups is 2. The van der Waals surface area contributed by atoms with Crippen LogP contribution in [-0.4, -0.2) is 27.7 Å². The molecule has 7 heteroatoms. The summed E-state index contributed by atoms with van der Waals surface area (Å²) in [4.78, 5) is 27.2. The Morgan fingerprint density at radius 1 is 1.19 bits per heavy atom. The number of amides is 1. The molecule has 1 heterocycles. The number of halogens is 1. The molecule has 108 valence electrons. The Labute approximate surface area is 133 Å². The standard InChI is InChI=1S/C14H11BrN2O3S/c15-9-1-4-11(5-2-9)21-8-13(18)17-10-3-6-12(14(19)20)16-7-10/h1-7H,8H2,(H,17,18)(H,19,20). The number of carbonyl (C=O) groups excluding carboxylic acids is 1. The molecule has 2 rings (SSSR count). The highest BCUT2D eigenvalue weighted by molar-refractivity contribution is 9.10. The lowest BCUT2D eigenvalue weighted by molar-refractivity contribution is -0.113. The molecule has 0 radical (unpaired) electrons. The van der Waals surface area contributed by atoms with E-state index in [1.54, 1.807) is 0 Å². The number of thioether (sulfide) groups is 1. The van der Waals surface area contributed by atoms with Crippen LogP contribution in [0.4, 0.5) is 5.69 Å². The van der Waals surface area contributed by atoms with E-state index in [0.717, 1.165) is 9.37 Å². The Hall–Kier alpha value is -1.86. The van der Waals surface area contributed by atoms with E-state index in [4.69, 9.17) is 5.11 Å². The minimum absolute atomic E-state index is 0.0581. The third kappa shape index (κ3) is 4.87. The predicted octanol–water partition coefficient (Wildman–Crippen LogP) is 3.27. The van der Waals surface area contributed by atoms with Gasteiger partial charge in [0.25, 0.3) is 0 Å². The van der Waals surface area contributed by atoms with Gasteiger partial charge in [0.15, 0.2) is 0 Å². The van der Waals surface area contributed by atoms with Crippen molar-refractivity contribution in [3.05, 3.63) is 52.8 Å². The predicted molar refractivity (Wildman–Crippen MR) is 84.7 cm³/mol. The minimum atomic E-state index is -1.10. The smallest absolute Gasteiger partial charge is 0.354 e. The van der Waals surface area contributed by atoms with Gasteiger partial charge in [-0.05, 0) is 36.4 Å². The number of carboxylic acids is 1. The van der Waals surface area contributed by atoms with Crippen LogP contribution in [0.3, 0.4) is 0 Å². The van der Waals surface area contributed by atoms with E-state index in [1.807, 2.05) is 24.3 Å². The first-order valence-electron chi connectivity index (χ1n) is 5.92. The van der Waals surface area contributed by atoms with Crippen LogP contribution in [0.25, 0.3) is 0 Å². The largest absolute Gasteiger partial charge is 0.477 e. The molecule has 0 saturated heterocycles. The van der Waals surface area contributed by atoms with Gasteiger partial charge in [-0.3, -0.25) is 4.79 Å². The second kappa shape index (κ2) is 7.24. The average Bonchev–Trinajstić information content (AvgIpc) is 2.47. The Morgan fingerprint density at radius 2 is 1.90 bits per heavy atom. The molecule has 0 aliphatic rings. The summed E-state index contributed by atoms with van der Waals surface area (Å²) in [5.41, 5.74) is 0.415. The topological polar surface area (TPSA) is 79.3 Å². The molecule has 0 spiro atoms. The summed E-state index contributed by atoms with van der Waals surface area (Å²) in [7, 11) is 0. The van der Waals surface area contributed by atoms with Crippen molar-refractivity contribution in [1.29, 1.82) is 0 Å². The van der Waals surface area contributed by atoms with Crippen LogP contribution >= 0.6 is 27.7 Å². The normalized spacial score (nSPS) is 10.1. The van der Waals surface area contributed by atoms with Crippen LogP contribution in [0.2, 0.25) is 0 Å². The molecule has 0 saturated carbocycles. The summed E-state index contributed by atoms with van der Waals surface area (Å²) in [6.45, 7) is 0. The van der Waals surface area contributed by atoms with E-state index in [9.17, 15) is 9.59 Å². The van der Waals surface area contributed by atoms with Crippen LogP contribution in [0.15, 0.2) is 52.0 Å². The molecule has 0 unspecified atom stereocenters. The van der Waals surface area contributed by atoms with Gasteiger partial charge >= 0.3 is 5.97 Å². The van der Waals surface area contributed by atoms with Crippen molar-refractivity contribution >= 4 is 45.3 Å². The lowest BCUT2D eigenvalue weighted by atomic mass is 10.3. The highest BCUT2D eigenvalue weighted by atomic mass is 79.9. The van der Waals surface area contributed by atoms with Gasteiger partial charge in [-0.25, -0.2) is 9.78 Å². The summed E-state index contributed by atoms with van der Waals surface area (Å²) in [5.74, 6) is -1.01. The van der Waals surface area contributed by atoms with Crippen molar-refractivity contribution in [2.24, 2.45) is 0 Å². The first kappa shape index (κ1) is 15.5. The maximum Gasteiger partial charge on any atom is 0.354 e. The number of pyridine rings is 1. The maximum absolute atomic E-state index is 11.8. The second-order valence-electron chi connectivity index (χ2n) is 4.03. The number of nitrogens with zero attached hydrogens (tertiary/aromatic N) is 1. The van der Waals surface area contributed by atoms with Crippen LogP contribution in [0.1, 0.15) is 10.5 Å². The number of aromatic carboxylic acids is 1. The lowest BCUT2D eigenvalue weighted by Gasteiger charge is -2.05. The van der Waals surface area contributed by atoms with Gasteiger partial charge in [0, 0.05) is 9.37 Å². The van der Waals surface area contributed by atoms with E-state index in [2.05, 4.69) is 26.2 Å². The maximum atomic E-state index is 11.8. The van der Waals surface area contributed by atoms with Crippen LogP contribution in [-0.2, 0) is 4.79 Å². The highest BCUT2D eigenvalue weighted by Crippen LogP contribution is 2.20. The number of hydrogen-bond acceptors (Lipinski definition) is 4. The molecule has 0 bridgehead atoms. The van der Waals surface area contributed by atoms with Crippen LogP contribution < -0.4 is 5.32 Å². The first-order valence-corrected chi connectivity index (χ1v) is 7.70. The molecular formula is C14H11BrN2O3S. The summed E-state index contributed by atoms with van der Waals surface area (Å²) < 4.78 is 0.987. The summed E-state index contributed by atoms with van der Waals surface area (Å²) in [5, 5.41) is 11.4. The van der Waals surface area contributed by atoms with E-state index in [0.29, 0.717) is 5.69 Å². The van der Waals surface area contributed by atoms with Crippen molar-refractivity contribution in [3.63, 3.8) is 0 Å². The molecular weight excluding hydrogens is 356 g/mol. The molecule has 0 atom stereocenters. The molecule has 21 heavy (non-hydrogen) atoms. The second-order valence-corrected chi connectivity index (χ2v) is 5.99. The zero-order chi connectivity index (χ0) is 15.2. The van der Waals surface area contributed by atoms with Crippen molar-refractivity contribution in [2.75, 3.05) is 11.1 Å². The zero-order valence-corrected chi connectivity index (χ0v) is 13.1. The molecule has 2 aromatic rings. The summed E-state index contributed by atoms with van der Waals surface area (Å²) in [6.07, 6.45) is 1.33. The van der Waals surface area contributed by atoms with Gasteiger partial charge in [0.05, 0.1) is 17.6 Å². The Morgan fingerprint density at radius 3 is 2.48 bits per heavy atom. The number of hydrogen-bond donors (Lipinski definition) is 2. The number of nitrogens with one attached hydrogen (secondary N) is 1. The lowest BCUT2D eigenvalue weighted by Crippen LogP contribution is -2.14. The molecule has 0 aliphatic carbocycles. The fraction of sp³-hybridized carbons (Fsp3) is 0.0714. The van der Waals surface area contributed by atoms with Gasteiger partial charge in [-0.2, -0.15) is 0 Å². The zero-order valence-electron chi connectivity index (χ0n) is 10.7. The SMILES string of the molecule is O=C(CSc1ccc(Br)cc1)Nc1ccc(C(=O)O)nc1. The highest BCUT2D eigenvalue weighted by Gasteiger charge is 2.06. The van der Waals surface area contributed by atoms with Crippen molar-refractivity contribution < 1.29 is 14.7 Å². The Bertz CT molecular complexity index is 644. The van der Waals surface area contributed by atoms with Crippen molar-refractivity contribution in [1.82, 2.24) is 4.98 Å². The number of anilines is 1. The van der Waals surface area contributed by atoms with Gasteiger partial charge < -0.3 is 10.4 Å². The van der Waals surface area contributed by atoms with E-state index in [-0.39, 0.29) is 17.4 Å². The summed E-state index contributed by atoms with van der Waals surface area (Å²) in [6, 6.07) is 10.5. The Balaban J connectivity index is 1.86. The van der Waals surface area contributed by atoms with Crippen LogP contribution in [0, 0.1) is 0 Å². The molecule has 1 aromatic carbocycles. The van der Waals surface area contributed by atoms with Gasteiger partial charge in [-0.1, -0.05) is 15.9 Å². The van der Waals surface area contributed by atoms with E-state index >= 15 is 0 Å². The van der Waals surface area contributed by atoms with E-state index < -0.39 is 5.97 Å². The molecule has 0 aliphatic heterocycles. The minimum Gasteiger partial charge on any atom is -0.477 e. The van der Waals surface area contributed by atoms with E-state index in [1.165, 1.54) is 30.1 Å². The quantitative estimate of drug-likeness (QED) is 0.793. The number of aromatic nitrogens is 1. The third-order valence-electron chi connectivity index (χ3n) is 2.45. The third-order valence-corrected chi connectivity index (χ3v) is 3.99. The molecule has 1 aromatic heterocycles. The average molecular weight is 367 g/mol. The van der Waals surface area contributed by atoms with Gasteiger partial charge in [0.2, 0.25) is 5.91 Å². The number of carboxylic acid groups (broad SMARTS) is 1.